The van der Waals surface area contributed by atoms with Crippen LogP contribution in [0.3, 0.4) is 0 Å². The molecule has 176 valence electrons. The number of rotatable bonds is 8. The molecule has 0 atom stereocenters. The maximum absolute atomic E-state index is 12.4. The van der Waals surface area contributed by atoms with Gasteiger partial charge in [-0.15, -0.1) is 10.2 Å². The predicted octanol–water partition coefficient (Wildman–Crippen LogP) is 4.37. The van der Waals surface area contributed by atoms with E-state index in [0.29, 0.717) is 27.8 Å². The van der Waals surface area contributed by atoms with Crippen molar-refractivity contribution in [2.24, 2.45) is 5.10 Å². The number of nitrogens with zero attached hydrogens (tertiary/aromatic N) is 5. The Bertz CT molecular complexity index is 1400. The molecule has 0 unspecified atom stereocenters. The first-order valence-corrected chi connectivity index (χ1v) is 11.4. The molecule has 4 aromatic rings. The monoisotopic (exact) mass is 487 g/mol. The molecule has 0 saturated heterocycles. The highest BCUT2D eigenvalue weighted by molar-refractivity contribution is 7.99. The quantitative estimate of drug-likeness (QED) is 0.163. The Balaban J connectivity index is 1.62. The normalized spacial score (nSPS) is 11.0. The molecule has 0 bridgehead atoms. The molecule has 0 aliphatic carbocycles. The molecule has 4 rings (SSSR count). The lowest BCUT2D eigenvalue weighted by atomic mass is 10.2. The molecule has 0 aliphatic heterocycles. The van der Waals surface area contributed by atoms with Gasteiger partial charge in [0.2, 0.25) is 0 Å². The predicted molar refractivity (Wildman–Crippen MR) is 134 cm³/mol. The van der Waals surface area contributed by atoms with E-state index in [1.54, 1.807) is 30.3 Å². The third kappa shape index (κ3) is 5.36. The van der Waals surface area contributed by atoms with Gasteiger partial charge in [0.15, 0.2) is 11.0 Å². The van der Waals surface area contributed by atoms with Gasteiger partial charge in [0.05, 0.1) is 16.7 Å². The molecule has 10 nitrogen and oxygen atoms in total. The van der Waals surface area contributed by atoms with Crippen LogP contribution < -0.4 is 11.2 Å². The lowest BCUT2D eigenvalue weighted by Crippen LogP contribution is -2.19. The zero-order valence-corrected chi connectivity index (χ0v) is 19.5. The Morgan fingerprint density at radius 3 is 2.60 bits per heavy atom. The van der Waals surface area contributed by atoms with Crippen LogP contribution >= 0.6 is 11.8 Å². The Morgan fingerprint density at radius 2 is 1.89 bits per heavy atom. The topological polar surface area (TPSA) is 141 Å². The number of non-ortho nitro benzene ring substituents is 1. The highest BCUT2D eigenvalue weighted by Crippen LogP contribution is 2.33. The van der Waals surface area contributed by atoms with Crippen molar-refractivity contribution >= 4 is 35.3 Å². The number of para-hydroxylation sites is 1. The minimum atomic E-state index is -0.489. The van der Waals surface area contributed by atoms with Crippen LogP contribution in [0.5, 0.6) is 0 Å². The molecular weight excluding hydrogens is 466 g/mol. The first-order valence-electron chi connectivity index (χ1n) is 10.6. The molecule has 0 radical (unpaired) electrons. The summed E-state index contributed by atoms with van der Waals surface area (Å²) < 4.78 is 1.96. The number of nitro benzene ring substituents is 1. The van der Waals surface area contributed by atoms with Crippen LogP contribution in [0.4, 0.5) is 11.4 Å². The molecule has 1 amide bonds. The number of amides is 1. The number of hydrogen-bond donors (Lipinski definition) is 2. The van der Waals surface area contributed by atoms with Crippen molar-refractivity contribution in [3.05, 3.63) is 94.0 Å². The largest absolute Gasteiger partial charge is 0.398 e. The fourth-order valence-corrected chi connectivity index (χ4v) is 4.29. The number of aromatic nitrogens is 3. The Labute approximate surface area is 205 Å². The maximum Gasteiger partial charge on any atom is 0.273 e. The highest BCUT2D eigenvalue weighted by Gasteiger charge is 2.17. The molecule has 0 saturated carbocycles. The molecular formula is C24H21N7O3S. The number of nitrogen functional groups attached to an aromatic ring is 1. The summed E-state index contributed by atoms with van der Waals surface area (Å²) in [7, 11) is 0. The van der Waals surface area contributed by atoms with Crippen LogP contribution in [0.2, 0.25) is 0 Å². The second-order valence-corrected chi connectivity index (χ2v) is 8.29. The van der Waals surface area contributed by atoms with Crippen LogP contribution in [-0.4, -0.2) is 31.8 Å². The summed E-state index contributed by atoms with van der Waals surface area (Å²) in [6.07, 6.45) is 1.36. The molecule has 0 fully saturated rings. The summed E-state index contributed by atoms with van der Waals surface area (Å²) >= 11 is 1.30. The average Bonchev–Trinajstić information content (AvgIpc) is 3.28. The summed E-state index contributed by atoms with van der Waals surface area (Å²) in [6.45, 7) is 2.62. The number of nitro groups is 1. The summed E-state index contributed by atoms with van der Waals surface area (Å²) in [5.74, 6) is 0.234. The third-order valence-corrected chi connectivity index (χ3v) is 6.12. The second kappa shape index (κ2) is 10.6. The summed E-state index contributed by atoms with van der Waals surface area (Å²) in [6, 6.07) is 20.7. The van der Waals surface area contributed by atoms with Crippen molar-refractivity contribution in [3.8, 4) is 11.4 Å². The summed E-state index contributed by atoms with van der Waals surface area (Å²) in [5, 5.41) is 24.6. The number of hydrogen-bond acceptors (Lipinski definition) is 8. The molecule has 3 N–H and O–H groups in total. The second-order valence-electron chi connectivity index (χ2n) is 7.28. The van der Waals surface area contributed by atoms with Crippen LogP contribution in [0.1, 0.15) is 22.8 Å². The van der Waals surface area contributed by atoms with Gasteiger partial charge >= 0.3 is 0 Å². The zero-order valence-electron chi connectivity index (χ0n) is 18.7. The van der Waals surface area contributed by atoms with Crippen LogP contribution in [0.25, 0.3) is 11.4 Å². The number of benzene rings is 3. The lowest BCUT2D eigenvalue weighted by Gasteiger charge is -2.09. The van der Waals surface area contributed by atoms with Crippen molar-refractivity contribution in [1.29, 1.82) is 0 Å². The summed E-state index contributed by atoms with van der Waals surface area (Å²) in [4.78, 5) is 23.9. The van der Waals surface area contributed by atoms with E-state index in [2.05, 4.69) is 20.7 Å². The Kier molecular flexibility index (Phi) is 7.17. The van der Waals surface area contributed by atoms with Gasteiger partial charge in [0.1, 0.15) is 0 Å². The molecule has 1 aromatic heterocycles. The van der Waals surface area contributed by atoms with E-state index in [0.717, 1.165) is 11.4 Å². The van der Waals surface area contributed by atoms with Crippen molar-refractivity contribution in [1.82, 2.24) is 20.2 Å². The Hall–Kier alpha value is -4.51. The zero-order chi connectivity index (χ0) is 24.8. The molecule has 35 heavy (non-hydrogen) atoms. The molecule has 11 heteroatoms. The van der Waals surface area contributed by atoms with Gasteiger partial charge in [-0.3, -0.25) is 14.9 Å². The minimum Gasteiger partial charge on any atom is -0.398 e. The van der Waals surface area contributed by atoms with Gasteiger partial charge in [-0.2, -0.15) is 5.10 Å². The van der Waals surface area contributed by atoms with Gasteiger partial charge in [0.25, 0.3) is 11.6 Å². The van der Waals surface area contributed by atoms with E-state index in [9.17, 15) is 14.9 Å². The van der Waals surface area contributed by atoms with Gasteiger partial charge in [0, 0.05) is 40.4 Å². The van der Waals surface area contributed by atoms with Gasteiger partial charge in [-0.1, -0.05) is 42.5 Å². The first-order chi connectivity index (χ1) is 17.0. The van der Waals surface area contributed by atoms with E-state index >= 15 is 0 Å². The van der Waals surface area contributed by atoms with Gasteiger partial charge in [-0.05, 0) is 36.9 Å². The van der Waals surface area contributed by atoms with Crippen LogP contribution in [0.15, 0.2) is 87.9 Å². The SMILES string of the molecule is CCn1c(Sc2ccc([N+](=O)[O-])cc2/C=N\NC(=O)c2ccccc2N)nnc1-c1ccccc1. The van der Waals surface area contributed by atoms with E-state index in [1.165, 1.54) is 30.1 Å². The molecule has 0 spiro atoms. The number of carbonyl (C=O) groups excluding carboxylic acids is 1. The van der Waals surface area contributed by atoms with E-state index in [1.807, 2.05) is 41.8 Å². The third-order valence-electron chi connectivity index (χ3n) is 5.05. The van der Waals surface area contributed by atoms with Crippen molar-refractivity contribution < 1.29 is 9.72 Å². The maximum atomic E-state index is 12.4. The number of nitrogens with one attached hydrogen (secondary N) is 1. The van der Waals surface area contributed by atoms with Gasteiger partial charge in [-0.25, -0.2) is 5.43 Å². The first kappa shape index (κ1) is 23.6. The molecule has 1 heterocycles. The highest BCUT2D eigenvalue weighted by atomic mass is 32.2. The number of hydrazone groups is 1. The number of anilines is 1. The van der Waals surface area contributed by atoms with Crippen molar-refractivity contribution in [2.45, 2.75) is 23.5 Å². The van der Waals surface area contributed by atoms with Crippen molar-refractivity contribution in [2.75, 3.05) is 5.73 Å². The minimum absolute atomic E-state index is 0.101. The fraction of sp³-hybridized carbons (Fsp3) is 0.0833. The number of nitrogens with two attached hydrogens (primary N) is 1. The van der Waals surface area contributed by atoms with Crippen LogP contribution in [-0.2, 0) is 6.54 Å². The van der Waals surface area contributed by atoms with Gasteiger partial charge < -0.3 is 10.3 Å². The summed E-state index contributed by atoms with van der Waals surface area (Å²) in [5.41, 5.74) is 10.1. The smallest absolute Gasteiger partial charge is 0.273 e. The molecule has 0 aliphatic rings. The molecule has 3 aromatic carbocycles. The van der Waals surface area contributed by atoms with E-state index in [-0.39, 0.29) is 11.3 Å². The fourth-order valence-electron chi connectivity index (χ4n) is 3.32. The van der Waals surface area contributed by atoms with Crippen LogP contribution in [0, 0.1) is 10.1 Å². The van der Waals surface area contributed by atoms with E-state index in [4.69, 9.17) is 5.73 Å². The Morgan fingerprint density at radius 1 is 1.14 bits per heavy atom. The number of carbonyl (C=O) groups is 1. The van der Waals surface area contributed by atoms with Crippen molar-refractivity contribution in [3.63, 3.8) is 0 Å². The lowest BCUT2D eigenvalue weighted by molar-refractivity contribution is -0.384. The van der Waals surface area contributed by atoms with E-state index < -0.39 is 10.8 Å². The standard InChI is InChI=1S/C24H21N7O3S/c1-2-30-22(16-8-4-3-5-9-16)27-29-24(30)35-21-13-12-18(31(33)34)14-17(21)15-26-28-23(32)19-10-6-7-11-20(19)25/h3-15H,2,25H2,1H3,(H,28,32)/b26-15-. The average molecular weight is 488 g/mol.